The fourth-order valence-corrected chi connectivity index (χ4v) is 2.37. The molecule has 1 atom stereocenters. The summed E-state index contributed by atoms with van der Waals surface area (Å²) in [5, 5.41) is 0. The number of hydrogen-bond acceptors (Lipinski definition) is 4. The molecule has 0 aliphatic carbocycles. The van der Waals surface area contributed by atoms with Gasteiger partial charge in [0, 0.05) is 12.2 Å². The van der Waals surface area contributed by atoms with Gasteiger partial charge in [-0.15, -0.1) is 0 Å². The molecule has 0 aromatic heterocycles. The Bertz CT molecular complexity index is 347. The minimum atomic E-state index is -0.494. The van der Waals surface area contributed by atoms with E-state index in [9.17, 15) is 9.59 Å². The van der Waals surface area contributed by atoms with Crippen LogP contribution in [-0.4, -0.2) is 24.6 Å². The summed E-state index contributed by atoms with van der Waals surface area (Å²) in [7, 11) is 0. The van der Waals surface area contributed by atoms with Crippen LogP contribution in [0.5, 0.6) is 0 Å². The van der Waals surface area contributed by atoms with Gasteiger partial charge in [-0.2, -0.15) is 0 Å². The van der Waals surface area contributed by atoms with E-state index in [1.807, 2.05) is 6.92 Å². The zero-order valence-electron chi connectivity index (χ0n) is 15.3. The van der Waals surface area contributed by atoms with Crippen molar-refractivity contribution in [2.45, 2.75) is 85.2 Å². The lowest BCUT2D eigenvalue weighted by atomic mass is 10.1. The normalized spacial score (nSPS) is 12.6. The van der Waals surface area contributed by atoms with Gasteiger partial charge in [0.1, 0.15) is 0 Å². The minimum Gasteiger partial charge on any atom is -0.463 e. The molecule has 0 rings (SSSR count). The average Bonchev–Trinajstić information content (AvgIpc) is 2.47. The second-order valence-corrected chi connectivity index (χ2v) is 6.50. The van der Waals surface area contributed by atoms with Crippen LogP contribution in [0.25, 0.3) is 0 Å². The summed E-state index contributed by atoms with van der Waals surface area (Å²) in [4.78, 5) is 23.0. The van der Waals surface area contributed by atoms with E-state index >= 15 is 0 Å². The highest BCUT2D eigenvalue weighted by atomic mass is 16.5. The molecule has 0 bridgehead atoms. The predicted molar refractivity (Wildman–Crippen MR) is 93.1 cm³/mol. The summed E-state index contributed by atoms with van der Waals surface area (Å²) in [5.41, 5.74) is 0. The van der Waals surface area contributed by atoms with Gasteiger partial charge in [-0.3, -0.25) is 0 Å². The lowest BCUT2D eigenvalue weighted by Gasteiger charge is -2.13. The first-order valence-corrected chi connectivity index (χ1v) is 9.01. The Balaban J connectivity index is 3.66. The van der Waals surface area contributed by atoms with Gasteiger partial charge in [-0.1, -0.05) is 59.3 Å². The zero-order valence-corrected chi connectivity index (χ0v) is 15.3. The van der Waals surface area contributed by atoms with E-state index in [0.717, 1.165) is 31.4 Å². The van der Waals surface area contributed by atoms with Crippen molar-refractivity contribution in [1.29, 1.82) is 0 Å². The van der Waals surface area contributed by atoms with Gasteiger partial charge in [0.15, 0.2) is 0 Å². The Hall–Kier alpha value is -1.32. The van der Waals surface area contributed by atoms with Gasteiger partial charge in [0.25, 0.3) is 0 Å². The molecule has 0 radical (unpaired) electrons. The van der Waals surface area contributed by atoms with Crippen LogP contribution in [0.15, 0.2) is 12.2 Å². The van der Waals surface area contributed by atoms with Crippen LogP contribution < -0.4 is 0 Å². The standard InChI is InChI=1S/C19H34O4/c1-5-6-7-8-9-10-11-14-22-18(20)12-13-19(21)23-17(4)15-16(2)3/h12-13,16-17H,5-11,14-15H2,1-4H3/b13-12+. The maximum absolute atomic E-state index is 11.5. The predicted octanol–water partition coefficient (Wildman–Crippen LogP) is 4.81. The van der Waals surface area contributed by atoms with Crippen molar-refractivity contribution in [2.75, 3.05) is 6.61 Å². The van der Waals surface area contributed by atoms with Crippen molar-refractivity contribution >= 4 is 11.9 Å². The lowest BCUT2D eigenvalue weighted by Crippen LogP contribution is -2.15. The molecule has 4 heteroatoms. The van der Waals surface area contributed by atoms with Gasteiger partial charge in [0.2, 0.25) is 0 Å². The molecule has 1 unspecified atom stereocenters. The molecule has 0 saturated heterocycles. The highest BCUT2D eigenvalue weighted by molar-refractivity contribution is 5.91. The van der Waals surface area contributed by atoms with E-state index in [0.29, 0.717) is 12.5 Å². The van der Waals surface area contributed by atoms with Crippen LogP contribution >= 0.6 is 0 Å². The van der Waals surface area contributed by atoms with Crippen molar-refractivity contribution in [2.24, 2.45) is 5.92 Å². The minimum absolute atomic E-state index is 0.143. The van der Waals surface area contributed by atoms with Crippen molar-refractivity contribution in [1.82, 2.24) is 0 Å². The first-order chi connectivity index (χ1) is 11.0. The molecule has 0 spiro atoms. The largest absolute Gasteiger partial charge is 0.463 e. The zero-order chi connectivity index (χ0) is 17.5. The summed E-state index contributed by atoms with van der Waals surface area (Å²) in [6, 6.07) is 0. The number of rotatable bonds is 13. The van der Waals surface area contributed by atoms with Crippen molar-refractivity contribution in [3.8, 4) is 0 Å². The number of carbonyl (C=O) groups excluding carboxylic acids is 2. The summed E-state index contributed by atoms with van der Waals surface area (Å²) in [6.45, 7) is 8.61. The number of carbonyl (C=O) groups is 2. The second-order valence-electron chi connectivity index (χ2n) is 6.50. The van der Waals surface area contributed by atoms with E-state index in [1.54, 1.807) is 0 Å². The number of hydrogen-bond donors (Lipinski definition) is 0. The Kier molecular flexibility index (Phi) is 13.5. The molecule has 0 aromatic rings. The third-order valence-corrected chi connectivity index (χ3v) is 3.47. The SMILES string of the molecule is CCCCCCCCCOC(=O)/C=C/C(=O)OC(C)CC(C)C. The van der Waals surface area contributed by atoms with E-state index in [2.05, 4.69) is 20.8 Å². The summed E-state index contributed by atoms with van der Waals surface area (Å²) >= 11 is 0. The smallest absolute Gasteiger partial charge is 0.331 e. The van der Waals surface area contributed by atoms with Gasteiger partial charge >= 0.3 is 11.9 Å². The number of esters is 2. The Morgan fingerprint density at radius 1 is 0.870 bits per heavy atom. The Morgan fingerprint density at radius 2 is 1.43 bits per heavy atom. The molecule has 4 nitrogen and oxygen atoms in total. The van der Waals surface area contributed by atoms with E-state index in [1.165, 1.54) is 32.1 Å². The molecule has 0 aromatic carbocycles. The maximum atomic E-state index is 11.5. The van der Waals surface area contributed by atoms with Crippen LogP contribution in [0.2, 0.25) is 0 Å². The molecule has 0 heterocycles. The van der Waals surface area contributed by atoms with E-state index < -0.39 is 11.9 Å². The molecule has 23 heavy (non-hydrogen) atoms. The van der Waals surface area contributed by atoms with E-state index in [-0.39, 0.29) is 6.10 Å². The lowest BCUT2D eigenvalue weighted by molar-refractivity contribution is -0.144. The van der Waals surface area contributed by atoms with Crippen molar-refractivity contribution in [3.63, 3.8) is 0 Å². The molecule has 0 aliphatic rings. The molecular formula is C19H34O4. The number of unbranched alkanes of at least 4 members (excludes halogenated alkanes) is 6. The van der Waals surface area contributed by atoms with Gasteiger partial charge in [-0.25, -0.2) is 9.59 Å². The molecule has 0 aliphatic heterocycles. The third kappa shape index (κ3) is 15.4. The van der Waals surface area contributed by atoms with Crippen LogP contribution in [0, 0.1) is 5.92 Å². The maximum Gasteiger partial charge on any atom is 0.331 e. The van der Waals surface area contributed by atoms with Crippen molar-refractivity contribution in [3.05, 3.63) is 12.2 Å². The quantitative estimate of drug-likeness (QED) is 0.277. The molecule has 0 saturated carbocycles. The van der Waals surface area contributed by atoms with Crippen LogP contribution in [0.3, 0.4) is 0 Å². The highest BCUT2D eigenvalue weighted by Gasteiger charge is 2.09. The van der Waals surface area contributed by atoms with Gasteiger partial charge < -0.3 is 9.47 Å². The fourth-order valence-electron chi connectivity index (χ4n) is 2.37. The number of ether oxygens (including phenoxy) is 2. The monoisotopic (exact) mass is 326 g/mol. The Morgan fingerprint density at radius 3 is 2.04 bits per heavy atom. The summed E-state index contributed by atoms with van der Waals surface area (Å²) < 4.78 is 10.2. The van der Waals surface area contributed by atoms with Crippen LogP contribution in [0.1, 0.15) is 79.1 Å². The van der Waals surface area contributed by atoms with Gasteiger partial charge in [-0.05, 0) is 25.7 Å². The topological polar surface area (TPSA) is 52.6 Å². The van der Waals surface area contributed by atoms with E-state index in [4.69, 9.17) is 9.47 Å². The molecule has 134 valence electrons. The summed E-state index contributed by atoms with van der Waals surface area (Å²) in [5.74, 6) is -0.510. The van der Waals surface area contributed by atoms with Gasteiger partial charge in [0.05, 0.1) is 12.7 Å². The molecule has 0 N–H and O–H groups in total. The summed E-state index contributed by atoms with van der Waals surface area (Å²) in [6.07, 6.45) is 11.2. The molecular weight excluding hydrogens is 292 g/mol. The Labute approximate surface area is 141 Å². The second kappa shape index (κ2) is 14.3. The average molecular weight is 326 g/mol. The molecule has 0 fully saturated rings. The third-order valence-electron chi connectivity index (χ3n) is 3.47. The van der Waals surface area contributed by atoms with Crippen LogP contribution in [0.4, 0.5) is 0 Å². The highest BCUT2D eigenvalue weighted by Crippen LogP contribution is 2.08. The van der Waals surface area contributed by atoms with Crippen LogP contribution in [-0.2, 0) is 19.1 Å². The van der Waals surface area contributed by atoms with Crippen molar-refractivity contribution < 1.29 is 19.1 Å². The molecule has 0 amide bonds. The first-order valence-electron chi connectivity index (χ1n) is 9.01. The first kappa shape index (κ1) is 21.7. The fraction of sp³-hybridized carbons (Fsp3) is 0.789.